The first kappa shape index (κ1) is 15.3. The van der Waals surface area contributed by atoms with Crippen molar-refractivity contribution in [2.75, 3.05) is 20.3 Å². The second kappa shape index (κ2) is 7.59. The number of aromatic nitrogens is 1. The zero-order valence-electron chi connectivity index (χ0n) is 9.19. The van der Waals surface area contributed by atoms with E-state index in [4.69, 9.17) is 14.9 Å². The molecule has 0 spiro atoms. The molecule has 16 heavy (non-hydrogen) atoms. The van der Waals surface area contributed by atoms with E-state index in [0.717, 1.165) is 0 Å². The van der Waals surface area contributed by atoms with Crippen LogP contribution in [-0.2, 0) is 16.0 Å². The van der Waals surface area contributed by atoms with Crippen LogP contribution < -0.4 is 4.80 Å². The van der Waals surface area contributed by atoms with E-state index >= 15 is 0 Å². The Hall–Kier alpha value is -0.660. The molecule has 0 amide bonds. The Labute approximate surface area is 108 Å². The number of rotatable bonds is 5. The van der Waals surface area contributed by atoms with Crippen LogP contribution in [0.5, 0.6) is 0 Å². The van der Waals surface area contributed by atoms with Gasteiger partial charge in [-0.1, -0.05) is 0 Å². The van der Waals surface area contributed by atoms with Gasteiger partial charge in [0, 0.05) is 19.0 Å². The van der Waals surface area contributed by atoms with Crippen LogP contribution in [0.4, 0.5) is 0 Å². The summed E-state index contributed by atoms with van der Waals surface area (Å²) in [4.78, 5) is 11.8. The minimum absolute atomic E-state index is 0. The topological polar surface area (TPSA) is 64.3 Å². The minimum Gasteiger partial charge on any atom is -0.461 e. The van der Waals surface area contributed by atoms with Crippen molar-refractivity contribution in [3.8, 4) is 0 Å². The highest BCUT2D eigenvalue weighted by atomic mass is 79.9. The third-order valence-electron chi connectivity index (χ3n) is 1.82. The highest BCUT2D eigenvalue weighted by Crippen LogP contribution is 2.04. The Morgan fingerprint density at radius 3 is 2.88 bits per heavy atom. The summed E-state index contributed by atoms with van der Waals surface area (Å²) in [5.41, 5.74) is 0.420. The van der Waals surface area contributed by atoms with Crippen LogP contribution in [0.25, 0.3) is 0 Å². The molecule has 0 bridgehead atoms. The number of hydrogen-bond donors (Lipinski definition) is 1. The van der Waals surface area contributed by atoms with Gasteiger partial charge in [0.15, 0.2) is 4.80 Å². The summed E-state index contributed by atoms with van der Waals surface area (Å²) in [6.07, 6.45) is 0. The summed E-state index contributed by atoms with van der Waals surface area (Å²) in [6, 6.07) is 0. The molecule has 0 aromatic carbocycles. The van der Waals surface area contributed by atoms with Gasteiger partial charge in [-0.3, -0.25) is 5.41 Å². The van der Waals surface area contributed by atoms with E-state index in [-0.39, 0.29) is 23.0 Å². The number of thiazole rings is 1. The lowest BCUT2D eigenvalue weighted by molar-refractivity contribution is 0.0511. The summed E-state index contributed by atoms with van der Waals surface area (Å²) in [6.45, 7) is 3.06. The molecular formula is C9H15BrN2O3S. The van der Waals surface area contributed by atoms with Gasteiger partial charge < -0.3 is 14.0 Å². The van der Waals surface area contributed by atoms with E-state index in [1.165, 1.54) is 11.3 Å². The molecule has 0 radical (unpaired) electrons. The van der Waals surface area contributed by atoms with Gasteiger partial charge in [-0.15, -0.1) is 28.3 Å². The number of esters is 1. The molecule has 1 N–H and O–H groups in total. The van der Waals surface area contributed by atoms with E-state index in [0.29, 0.717) is 30.3 Å². The lowest BCUT2D eigenvalue weighted by Gasteiger charge is -2.06. The number of halogens is 1. The number of carbonyl (C=O) groups excluding carboxylic acids is 1. The second-order valence-electron chi connectivity index (χ2n) is 2.79. The monoisotopic (exact) mass is 310 g/mol. The average Bonchev–Trinajstić information content (AvgIpc) is 2.57. The molecule has 0 fully saturated rings. The molecule has 0 saturated heterocycles. The van der Waals surface area contributed by atoms with Gasteiger partial charge >= 0.3 is 5.97 Å². The highest BCUT2D eigenvalue weighted by Gasteiger charge is 2.13. The fourth-order valence-corrected chi connectivity index (χ4v) is 1.88. The van der Waals surface area contributed by atoms with E-state index in [2.05, 4.69) is 0 Å². The predicted octanol–water partition coefficient (Wildman–Crippen LogP) is 1.43. The van der Waals surface area contributed by atoms with Crippen LogP contribution in [0.2, 0.25) is 0 Å². The Balaban J connectivity index is 0.00000225. The van der Waals surface area contributed by atoms with Crippen LogP contribution in [0.15, 0.2) is 5.38 Å². The van der Waals surface area contributed by atoms with Gasteiger partial charge in [-0.2, -0.15) is 0 Å². The van der Waals surface area contributed by atoms with E-state index < -0.39 is 0 Å². The van der Waals surface area contributed by atoms with Crippen molar-refractivity contribution in [3.63, 3.8) is 0 Å². The number of methoxy groups -OCH3 is 1. The number of nitrogens with one attached hydrogen (secondary N) is 1. The predicted molar refractivity (Wildman–Crippen MR) is 66.3 cm³/mol. The first-order valence-corrected chi connectivity index (χ1v) is 5.47. The molecule has 0 atom stereocenters. The Morgan fingerprint density at radius 1 is 1.62 bits per heavy atom. The minimum atomic E-state index is -0.386. The highest BCUT2D eigenvalue weighted by molar-refractivity contribution is 8.93. The standard InChI is InChI=1S/C9H14N2O3S.BrH/c1-3-14-8(12)7-6-15-9(10)11(7)4-5-13-2;/h6,10H,3-5H2,1-2H3;1H. The summed E-state index contributed by atoms with van der Waals surface area (Å²) in [7, 11) is 1.58. The van der Waals surface area contributed by atoms with Crippen molar-refractivity contribution in [1.29, 1.82) is 5.41 Å². The molecule has 0 saturated carbocycles. The van der Waals surface area contributed by atoms with Gasteiger partial charge in [-0.25, -0.2) is 4.79 Å². The normalized spacial score (nSPS) is 9.62. The number of hydrogen-bond acceptors (Lipinski definition) is 5. The number of nitrogens with zero attached hydrogens (tertiary/aromatic N) is 1. The summed E-state index contributed by atoms with van der Waals surface area (Å²) in [5.74, 6) is -0.386. The first-order valence-electron chi connectivity index (χ1n) is 4.59. The van der Waals surface area contributed by atoms with Crippen molar-refractivity contribution in [1.82, 2.24) is 4.57 Å². The number of ether oxygens (including phenoxy) is 2. The van der Waals surface area contributed by atoms with Gasteiger partial charge in [0.1, 0.15) is 5.69 Å². The first-order chi connectivity index (χ1) is 7.20. The van der Waals surface area contributed by atoms with E-state index in [9.17, 15) is 4.79 Å². The zero-order chi connectivity index (χ0) is 11.3. The van der Waals surface area contributed by atoms with Crippen molar-refractivity contribution in [2.24, 2.45) is 0 Å². The maximum Gasteiger partial charge on any atom is 0.355 e. The smallest absolute Gasteiger partial charge is 0.355 e. The Bertz CT molecular complexity index is 388. The maximum atomic E-state index is 11.5. The fraction of sp³-hybridized carbons (Fsp3) is 0.556. The molecule has 7 heteroatoms. The zero-order valence-corrected chi connectivity index (χ0v) is 11.7. The van der Waals surface area contributed by atoms with Crippen molar-refractivity contribution < 1.29 is 14.3 Å². The molecular weight excluding hydrogens is 296 g/mol. The molecule has 1 heterocycles. The second-order valence-corrected chi connectivity index (χ2v) is 3.65. The average molecular weight is 311 g/mol. The largest absolute Gasteiger partial charge is 0.461 e. The van der Waals surface area contributed by atoms with Crippen LogP contribution in [-0.4, -0.2) is 30.9 Å². The van der Waals surface area contributed by atoms with Gasteiger partial charge in [-0.05, 0) is 6.92 Å². The quantitative estimate of drug-likeness (QED) is 0.837. The molecule has 92 valence electrons. The Kier molecular flexibility index (Phi) is 7.27. The SMILES string of the molecule is Br.CCOC(=O)c1csc(=N)n1CCOC. The van der Waals surface area contributed by atoms with Crippen LogP contribution in [0, 0.1) is 5.41 Å². The summed E-state index contributed by atoms with van der Waals surface area (Å²) >= 11 is 1.21. The van der Waals surface area contributed by atoms with Crippen molar-refractivity contribution >= 4 is 34.3 Å². The van der Waals surface area contributed by atoms with E-state index in [1.807, 2.05) is 0 Å². The molecule has 1 aromatic heterocycles. The number of carbonyl (C=O) groups is 1. The molecule has 0 aliphatic heterocycles. The fourth-order valence-electron chi connectivity index (χ4n) is 1.12. The van der Waals surface area contributed by atoms with E-state index in [1.54, 1.807) is 24.0 Å². The van der Waals surface area contributed by atoms with Gasteiger partial charge in [0.05, 0.1) is 13.2 Å². The van der Waals surface area contributed by atoms with Crippen molar-refractivity contribution in [3.05, 3.63) is 15.9 Å². The molecule has 0 unspecified atom stereocenters. The molecule has 0 aliphatic rings. The lowest BCUT2D eigenvalue weighted by Crippen LogP contribution is -2.22. The summed E-state index contributed by atoms with van der Waals surface area (Å²) < 4.78 is 11.4. The molecule has 1 rings (SSSR count). The van der Waals surface area contributed by atoms with Crippen LogP contribution in [0.3, 0.4) is 0 Å². The molecule has 5 nitrogen and oxygen atoms in total. The molecule has 0 aliphatic carbocycles. The maximum absolute atomic E-state index is 11.5. The van der Waals surface area contributed by atoms with Crippen LogP contribution in [0.1, 0.15) is 17.4 Å². The van der Waals surface area contributed by atoms with Crippen LogP contribution >= 0.6 is 28.3 Å². The van der Waals surface area contributed by atoms with Gasteiger partial charge in [0.25, 0.3) is 0 Å². The third kappa shape index (κ3) is 3.73. The third-order valence-corrected chi connectivity index (χ3v) is 2.61. The lowest BCUT2D eigenvalue weighted by atomic mass is 10.4. The van der Waals surface area contributed by atoms with Crippen molar-refractivity contribution in [2.45, 2.75) is 13.5 Å². The van der Waals surface area contributed by atoms with Gasteiger partial charge in [0.2, 0.25) is 0 Å². The summed E-state index contributed by atoms with van der Waals surface area (Å²) in [5, 5.41) is 9.25. The Morgan fingerprint density at radius 2 is 2.31 bits per heavy atom. The molecule has 1 aromatic rings.